The van der Waals surface area contributed by atoms with Gasteiger partial charge in [-0.05, 0) is 43.5 Å². The number of rotatable bonds is 5. The average Bonchev–Trinajstić information content (AvgIpc) is 2.50. The Morgan fingerprint density at radius 3 is 2.48 bits per heavy atom. The lowest BCUT2D eigenvalue weighted by atomic mass is 10.1. The minimum Gasteiger partial charge on any atom is -0.325 e. The third-order valence-corrected chi connectivity index (χ3v) is 3.75. The van der Waals surface area contributed by atoms with Crippen LogP contribution in [0.15, 0.2) is 48.5 Å². The van der Waals surface area contributed by atoms with Crippen LogP contribution >= 0.6 is 0 Å². The van der Waals surface area contributed by atoms with Gasteiger partial charge in [-0.15, -0.1) is 0 Å². The fourth-order valence-electron chi connectivity index (χ4n) is 2.19. The number of carbonyl (C=O) groups is 1. The molecule has 2 aromatic carbocycles. The van der Waals surface area contributed by atoms with Gasteiger partial charge in [0, 0.05) is 11.7 Å². The molecule has 3 nitrogen and oxygen atoms in total. The molecule has 3 heteroatoms. The van der Waals surface area contributed by atoms with Gasteiger partial charge in [0.25, 0.3) is 0 Å². The first kappa shape index (κ1) is 15.3. The molecule has 0 bridgehead atoms. The predicted molar refractivity (Wildman–Crippen MR) is 87.4 cm³/mol. The number of anilines is 1. The number of hydrogen-bond acceptors (Lipinski definition) is 2. The van der Waals surface area contributed by atoms with Crippen molar-refractivity contribution in [2.24, 2.45) is 0 Å². The molecule has 1 atom stereocenters. The van der Waals surface area contributed by atoms with Crippen LogP contribution in [0.1, 0.15) is 29.7 Å². The summed E-state index contributed by atoms with van der Waals surface area (Å²) in [7, 11) is 0. The highest BCUT2D eigenvalue weighted by Crippen LogP contribution is 2.17. The quantitative estimate of drug-likeness (QED) is 0.880. The van der Waals surface area contributed by atoms with Crippen LogP contribution < -0.4 is 10.6 Å². The Morgan fingerprint density at radius 2 is 1.76 bits per heavy atom. The molecule has 0 heterocycles. The molecule has 1 unspecified atom stereocenters. The summed E-state index contributed by atoms with van der Waals surface area (Å²) in [5.74, 6) is -0.0218. The number of amides is 1. The van der Waals surface area contributed by atoms with E-state index >= 15 is 0 Å². The Labute approximate surface area is 126 Å². The predicted octanol–water partition coefficient (Wildman–Crippen LogP) is 3.59. The summed E-state index contributed by atoms with van der Waals surface area (Å²) in [5, 5.41) is 6.20. The molecule has 0 radical (unpaired) electrons. The maximum Gasteiger partial charge on any atom is 0.238 e. The fraction of sp³-hybridized carbons (Fsp3) is 0.278. The lowest BCUT2D eigenvalue weighted by Crippen LogP contribution is -2.30. The maximum atomic E-state index is 12.0. The standard InChI is InChI=1S/C18H22N2O/c1-13-8-7-11-17(14(13)2)20-18(21)12-19-15(3)16-9-5-4-6-10-16/h4-11,15,19H,12H2,1-3H3,(H,20,21). The molecular formula is C18H22N2O. The zero-order valence-corrected chi connectivity index (χ0v) is 12.8. The van der Waals surface area contributed by atoms with Gasteiger partial charge in [0.1, 0.15) is 0 Å². The molecule has 2 N–H and O–H groups in total. The minimum absolute atomic E-state index is 0.0218. The molecule has 2 aromatic rings. The van der Waals surface area contributed by atoms with Crippen molar-refractivity contribution in [3.63, 3.8) is 0 Å². The van der Waals surface area contributed by atoms with Crippen LogP contribution in [-0.2, 0) is 4.79 Å². The molecular weight excluding hydrogens is 260 g/mol. The molecule has 0 saturated carbocycles. The lowest BCUT2D eigenvalue weighted by Gasteiger charge is -2.15. The van der Waals surface area contributed by atoms with E-state index in [4.69, 9.17) is 0 Å². The lowest BCUT2D eigenvalue weighted by molar-refractivity contribution is -0.115. The molecule has 110 valence electrons. The van der Waals surface area contributed by atoms with E-state index in [0.29, 0.717) is 6.54 Å². The monoisotopic (exact) mass is 282 g/mol. The number of carbonyl (C=O) groups excluding carboxylic acids is 1. The smallest absolute Gasteiger partial charge is 0.238 e. The molecule has 0 spiro atoms. The van der Waals surface area contributed by atoms with Gasteiger partial charge >= 0.3 is 0 Å². The van der Waals surface area contributed by atoms with E-state index in [0.717, 1.165) is 11.3 Å². The van der Waals surface area contributed by atoms with E-state index in [1.807, 2.05) is 50.2 Å². The van der Waals surface area contributed by atoms with Gasteiger partial charge < -0.3 is 10.6 Å². The summed E-state index contributed by atoms with van der Waals surface area (Å²) in [4.78, 5) is 12.0. The van der Waals surface area contributed by atoms with E-state index in [2.05, 4.69) is 29.7 Å². The summed E-state index contributed by atoms with van der Waals surface area (Å²) in [6, 6.07) is 16.2. The highest BCUT2D eigenvalue weighted by molar-refractivity contribution is 5.93. The first-order chi connectivity index (χ1) is 10.1. The van der Waals surface area contributed by atoms with Crippen LogP contribution in [0.5, 0.6) is 0 Å². The Morgan fingerprint density at radius 1 is 1.05 bits per heavy atom. The Hall–Kier alpha value is -2.13. The van der Waals surface area contributed by atoms with E-state index in [-0.39, 0.29) is 11.9 Å². The highest BCUT2D eigenvalue weighted by atomic mass is 16.1. The van der Waals surface area contributed by atoms with Crippen molar-refractivity contribution in [2.45, 2.75) is 26.8 Å². The number of benzene rings is 2. The first-order valence-corrected chi connectivity index (χ1v) is 7.22. The van der Waals surface area contributed by atoms with Crippen LogP contribution in [0.3, 0.4) is 0 Å². The summed E-state index contributed by atoms with van der Waals surface area (Å²) in [5.41, 5.74) is 4.35. The summed E-state index contributed by atoms with van der Waals surface area (Å²) >= 11 is 0. The molecule has 0 aromatic heterocycles. The highest BCUT2D eigenvalue weighted by Gasteiger charge is 2.09. The van der Waals surface area contributed by atoms with Gasteiger partial charge in [-0.25, -0.2) is 0 Å². The van der Waals surface area contributed by atoms with Crippen LogP contribution in [0.2, 0.25) is 0 Å². The van der Waals surface area contributed by atoms with Crippen molar-refractivity contribution in [3.8, 4) is 0 Å². The fourth-order valence-corrected chi connectivity index (χ4v) is 2.19. The Bertz CT molecular complexity index is 608. The van der Waals surface area contributed by atoms with Crippen LogP contribution in [0, 0.1) is 13.8 Å². The van der Waals surface area contributed by atoms with Crippen molar-refractivity contribution in [2.75, 3.05) is 11.9 Å². The van der Waals surface area contributed by atoms with Crippen molar-refractivity contribution >= 4 is 11.6 Å². The zero-order valence-electron chi connectivity index (χ0n) is 12.8. The van der Waals surface area contributed by atoms with Crippen molar-refractivity contribution in [3.05, 3.63) is 65.2 Å². The third kappa shape index (κ3) is 4.17. The molecule has 0 saturated heterocycles. The molecule has 0 aliphatic rings. The van der Waals surface area contributed by atoms with Gasteiger partial charge in [-0.2, -0.15) is 0 Å². The van der Waals surface area contributed by atoms with E-state index < -0.39 is 0 Å². The molecule has 0 aliphatic heterocycles. The summed E-state index contributed by atoms with van der Waals surface area (Å²) < 4.78 is 0. The summed E-state index contributed by atoms with van der Waals surface area (Å²) in [6.07, 6.45) is 0. The second kappa shape index (κ2) is 7.04. The van der Waals surface area contributed by atoms with E-state index in [1.165, 1.54) is 11.1 Å². The molecule has 0 fully saturated rings. The van der Waals surface area contributed by atoms with Gasteiger partial charge in [0.15, 0.2) is 0 Å². The van der Waals surface area contributed by atoms with Crippen molar-refractivity contribution < 1.29 is 4.79 Å². The molecule has 21 heavy (non-hydrogen) atoms. The first-order valence-electron chi connectivity index (χ1n) is 7.22. The number of nitrogens with one attached hydrogen (secondary N) is 2. The topological polar surface area (TPSA) is 41.1 Å². The van der Waals surface area contributed by atoms with Crippen LogP contribution in [0.4, 0.5) is 5.69 Å². The molecule has 2 rings (SSSR count). The Balaban J connectivity index is 1.89. The molecule has 1 amide bonds. The summed E-state index contributed by atoms with van der Waals surface area (Å²) in [6.45, 7) is 6.41. The van der Waals surface area contributed by atoms with E-state index in [1.54, 1.807) is 0 Å². The van der Waals surface area contributed by atoms with E-state index in [9.17, 15) is 4.79 Å². The van der Waals surface area contributed by atoms with Crippen LogP contribution in [0.25, 0.3) is 0 Å². The largest absolute Gasteiger partial charge is 0.325 e. The minimum atomic E-state index is -0.0218. The normalized spacial score (nSPS) is 12.0. The van der Waals surface area contributed by atoms with Gasteiger partial charge in [0.05, 0.1) is 6.54 Å². The second-order valence-electron chi connectivity index (χ2n) is 5.31. The maximum absolute atomic E-state index is 12.0. The van der Waals surface area contributed by atoms with Gasteiger partial charge in [0.2, 0.25) is 5.91 Å². The SMILES string of the molecule is Cc1cccc(NC(=O)CNC(C)c2ccccc2)c1C. The van der Waals surface area contributed by atoms with Crippen molar-refractivity contribution in [1.82, 2.24) is 5.32 Å². The van der Waals surface area contributed by atoms with Crippen molar-refractivity contribution in [1.29, 1.82) is 0 Å². The second-order valence-corrected chi connectivity index (χ2v) is 5.31. The Kier molecular flexibility index (Phi) is 5.12. The van der Waals surface area contributed by atoms with Gasteiger partial charge in [-0.1, -0.05) is 42.5 Å². The number of aryl methyl sites for hydroxylation is 1. The number of hydrogen-bond donors (Lipinski definition) is 2. The van der Waals surface area contributed by atoms with Crippen LogP contribution in [-0.4, -0.2) is 12.5 Å². The molecule has 0 aliphatic carbocycles. The average molecular weight is 282 g/mol. The van der Waals surface area contributed by atoms with Gasteiger partial charge in [-0.3, -0.25) is 4.79 Å². The third-order valence-electron chi connectivity index (χ3n) is 3.75. The zero-order chi connectivity index (χ0) is 15.2.